The lowest BCUT2D eigenvalue weighted by atomic mass is 9.99. The number of nitrogens with one attached hydrogen (secondary N) is 2. The number of nitrogens with zero attached hydrogens (tertiary/aromatic N) is 3. The minimum atomic E-state index is 0.247. The van der Waals surface area contributed by atoms with Crippen LogP contribution >= 0.6 is 23.2 Å². The van der Waals surface area contributed by atoms with Crippen LogP contribution in [0.1, 0.15) is 18.4 Å². The standard InChI is InChI=1S/C25H25Cl2N5O/c26-20-4-1-5-21(27)23(20)22-11-18-14-30-25(29-13-16-6-8-19(33)9-7-16)31-24(18)32(22)15-17-3-2-10-28-12-17/h1,4-9,11,14,17,28,33H,2-3,10,12-13,15H2,(H,29,30,31)/t17-/m1/s1. The van der Waals surface area contributed by atoms with Gasteiger partial charge in [0, 0.05) is 30.2 Å². The number of benzene rings is 2. The van der Waals surface area contributed by atoms with Crippen LogP contribution in [0.2, 0.25) is 10.0 Å². The summed E-state index contributed by atoms with van der Waals surface area (Å²) in [6.07, 6.45) is 4.17. The van der Waals surface area contributed by atoms with Crippen molar-refractivity contribution in [1.29, 1.82) is 0 Å². The first-order valence-electron chi connectivity index (χ1n) is 11.1. The normalized spacial score (nSPS) is 16.2. The first kappa shape index (κ1) is 22.0. The van der Waals surface area contributed by atoms with Gasteiger partial charge in [-0.15, -0.1) is 0 Å². The van der Waals surface area contributed by atoms with Crippen LogP contribution in [0.3, 0.4) is 0 Å². The van der Waals surface area contributed by atoms with E-state index in [-0.39, 0.29) is 5.75 Å². The molecule has 0 bridgehead atoms. The van der Waals surface area contributed by atoms with E-state index in [1.165, 1.54) is 12.8 Å². The quantitative estimate of drug-likeness (QED) is 0.328. The number of phenolic OH excluding ortho intramolecular Hbond substituents is 1. The van der Waals surface area contributed by atoms with E-state index >= 15 is 0 Å². The summed E-state index contributed by atoms with van der Waals surface area (Å²) in [5.74, 6) is 1.29. The Labute approximate surface area is 202 Å². The van der Waals surface area contributed by atoms with Crippen molar-refractivity contribution >= 4 is 40.2 Å². The number of phenols is 1. The van der Waals surface area contributed by atoms with Crippen molar-refractivity contribution in [2.45, 2.75) is 25.9 Å². The fraction of sp³-hybridized carbons (Fsp3) is 0.280. The lowest BCUT2D eigenvalue weighted by molar-refractivity contribution is 0.341. The molecule has 0 saturated carbocycles. The molecule has 0 amide bonds. The molecule has 3 N–H and O–H groups in total. The van der Waals surface area contributed by atoms with Gasteiger partial charge in [-0.2, -0.15) is 4.98 Å². The molecule has 5 rings (SSSR count). The number of hydrogen-bond acceptors (Lipinski definition) is 5. The number of aromatic hydroxyl groups is 1. The van der Waals surface area contributed by atoms with Crippen LogP contribution in [-0.2, 0) is 13.1 Å². The molecule has 1 aliphatic rings. The summed E-state index contributed by atoms with van der Waals surface area (Å²) in [7, 11) is 0. The van der Waals surface area contributed by atoms with E-state index in [0.29, 0.717) is 28.5 Å². The second-order valence-electron chi connectivity index (χ2n) is 8.44. The van der Waals surface area contributed by atoms with E-state index in [9.17, 15) is 5.11 Å². The number of hydrogen-bond donors (Lipinski definition) is 3. The molecule has 1 aliphatic heterocycles. The summed E-state index contributed by atoms with van der Waals surface area (Å²) < 4.78 is 2.23. The van der Waals surface area contributed by atoms with Gasteiger partial charge in [0.15, 0.2) is 0 Å². The van der Waals surface area contributed by atoms with Gasteiger partial charge in [-0.25, -0.2) is 4.98 Å². The van der Waals surface area contributed by atoms with Gasteiger partial charge in [0.25, 0.3) is 0 Å². The van der Waals surface area contributed by atoms with Crippen molar-refractivity contribution < 1.29 is 5.11 Å². The van der Waals surface area contributed by atoms with Crippen molar-refractivity contribution in [3.63, 3.8) is 0 Å². The van der Waals surface area contributed by atoms with Crippen LogP contribution < -0.4 is 10.6 Å². The Morgan fingerprint density at radius 1 is 1.12 bits per heavy atom. The molecule has 3 heterocycles. The molecule has 33 heavy (non-hydrogen) atoms. The maximum Gasteiger partial charge on any atom is 0.224 e. The van der Waals surface area contributed by atoms with E-state index in [1.54, 1.807) is 12.1 Å². The third kappa shape index (κ3) is 4.78. The van der Waals surface area contributed by atoms with E-state index in [0.717, 1.165) is 47.5 Å². The van der Waals surface area contributed by atoms with Crippen molar-refractivity contribution in [1.82, 2.24) is 19.9 Å². The fourth-order valence-electron chi connectivity index (χ4n) is 4.39. The highest BCUT2D eigenvalue weighted by atomic mass is 35.5. The Kier molecular flexibility index (Phi) is 6.40. The number of piperidine rings is 1. The maximum atomic E-state index is 9.49. The highest BCUT2D eigenvalue weighted by molar-refractivity contribution is 6.39. The van der Waals surface area contributed by atoms with E-state index in [4.69, 9.17) is 28.2 Å². The number of aromatic nitrogens is 3. The van der Waals surface area contributed by atoms with E-state index in [1.807, 2.05) is 36.5 Å². The summed E-state index contributed by atoms with van der Waals surface area (Å²) in [6.45, 7) is 3.43. The highest BCUT2D eigenvalue weighted by Crippen LogP contribution is 2.38. The molecule has 0 radical (unpaired) electrons. The highest BCUT2D eigenvalue weighted by Gasteiger charge is 2.21. The molecule has 170 valence electrons. The zero-order valence-corrected chi connectivity index (χ0v) is 19.6. The Morgan fingerprint density at radius 3 is 2.64 bits per heavy atom. The van der Waals surface area contributed by atoms with Crippen LogP contribution in [0.5, 0.6) is 5.75 Å². The second-order valence-corrected chi connectivity index (χ2v) is 9.26. The SMILES string of the molecule is Oc1ccc(CNc2ncc3cc(-c4c(Cl)cccc4Cl)n(C[C@@H]4CCCNC4)c3n2)cc1. The summed E-state index contributed by atoms with van der Waals surface area (Å²) in [5, 5.41) is 18.5. The minimum absolute atomic E-state index is 0.247. The minimum Gasteiger partial charge on any atom is -0.508 e. The number of fused-ring (bicyclic) bond motifs is 1. The Bertz CT molecular complexity index is 1250. The fourth-order valence-corrected chi connectivity index (χ4v) is 4.98. The van der Waals surface area contributed by atoms with Gasteiger partial charge in [-0.3, -0.25) is 0 Å². The van der Waals surface area contributed by atoms with Crippen molar-refractivity contribution in [2.24, 2.45) is 5.92 Å². The second kappa shape index (κ2) is 9.59. The first-order chi connectivity index (χ1) is 16.1. The summed E-state index contributed by atoms with van der Waals surface area (Å²) in [6, 6.07) is 14.7. The van der Waals surface area contributed by atoms with E-state index < -0.39 is 0 Å². The lowest BCUT2D eigenvalue weighted by Crippen LogP contribution is -2.32. The van der Waals surface area contributed by atoms with Gasteiger partial charge in [-0.05, 0) is 67.7 Å². The predicted octanol–water partition coefficient (Wildman–Crippen LogP) is 5.72. The van der Waals surface area contributed by atoms with Crippen LogP contribution in [-0.4, -0.2) is 32.7 Å². The molecule has 0 unspecified atom stereocenters. The molecular formula is C25H25Cl2N5O. The van der Waals surface area contributed by atoms with Crippen LogP contribution in [0.4, 0.5) is 5.95 Å². The monoisotopic (exact) mass is 481 g/mol. The van der Waals surface area contributed by atoms with Gasteiger partial charge in [0.1, 0.15) is 11.4 Å². The van der Waals surface area contributed by atoms with Crippen molar-refractivity contribution in [2.75, 3.05) is 18.4 Å². The molecular weight excluding hydrogens is 457 g/mol. The molecule has 1 saturated heterocycles. The Hall–Kier alpha value is -2.80. The smallest absolute Gasteiger partial charge is 0.224 e. The molecule has 1 atom stereocenters. The maximum absolute atomic E-state index is 9.49. The molecule has 0 spiro atoms. The largest absolute Gasteiger partial charge is 0.508 e. The van der Waals surface area contributed by atoms with Gasteiger partial charge in [0.2, 0.25) is 5.95 Å². The third-order valence-electron chi connectivity index (χ3n) is 6.08. The Morgan fingerprint density at radius 2 is 1.91 bits per heavy atom. The molecule has 8 heteroatoms. The number of halogens is 2. The number of rotatable bonds is 6. The average Bonchev–Trinajstić information content (AvgIpc) is 3.16. The predicted molar refractivity (Wildman–Crippen MR) is 134 cm³/mol. The molecule has 4 aromatic rings. The topological polar surface area (TPSA) is 75.0 Å². The van der Waals surface area contributed by atoms with Gasteiger partial charge in [0.05, 0.1) is 15.7 Å². The third-order valence-corrected chi connectivity index (χ3v) is 6.71. The summed E-state index contributed by atoms with van der Waals surface area (Å²) in [4.78, 5) is 9.38. The van der Waals surface area contributed by atoms with E-state index in [2.05, 4.69) is 26.3 Å². The van der Waals surface area contributed by atoms with Crippen molar-refractivity contribution in [3.05, 3.63) is 70.3 Å². The Balaban J connectivity index is 1.53. The van der Waals surface area contributed by atoms with Crippen molar-refractivity contribution in [3.8, 4) is 17.0 Å². The summed E-state index contributed by atoms with van der Waals surface area (Å²) >= 11 is 13.2. The lowest BCUT2D eigenvalue weighted by Gasteiger charge is -2.24. The van der Waals surface area contributed by atoms with Crippen LogP contribution in [0.15, 0.2) is 54.7 Å². The number of anilines is 1. The van der Waals surface area contributed by atoms with Gasteiger partial charge < -0.3 is 20.3 Å². The average molecular weight is 482 g/mol. The van der Waals surface area contributed by atoms with Gasteiger partial charge in [-0.1, -0.05) is 41.4 Å². The zero-order valence-electron chi connectivity index (χ0n) is 18.1. The zero-order chi connectivity index (χ0) is 22.8. The first-order valence-corrected chi connectivity index (χ1v) is 11.9. The molecule has 1 fully saturated rings. The molecule has 0 aliphatic carbocycles. The molecule has 2 aromatic heterocycles. The van der Waals surface area contributed by atoms with Gasteiger partial charge >= 0.3 is 0 Å². The summed E-state index contributed by atoms with van der Waals surface area (Å²) in [5.41, 5.74) is 3.66. The van der Waals surface area contributed by atoms with Crippen LogP contribution in [0, 0.1) is 5.92 Å². The molecule has 6 nitrogen and oxygen atoms in total. The van der Waals surface area contributed by atoms with Crippen LogP contribution in [0.25, 0.3) is 22.3 Å². The molecule has 2 aromatic carbocycles.